The smallest absolute Gasteiger partial charge is 0.138 e. The minimum atomic E-state index is 0.234. The fraction of sp³-hybridized carbons (Fsp3) is 0.417. The van der Waals surface area contributed by atoms with Gasteiger partial charge in [-0.25, -0.2) is 9.67 Å². The van der Waals surface area contributed by atoms with Crippen LogP contribution in [0, 0.1) is 5.41 Å². The third kappa shape index (κ3) is 2.45. The van der Waals surface area contributed by atoms with Gasteiger partial charge >= 0.3 is 0 Å². The lowest BCUT2D eigenvalue weighted by molar-refractivity contribution is 0.410. The average molecular weight is 216 g/mol. The van der Waals surface area contributed by atoms with Crippen molar-refractivity contribution in [1.82, 2.24) is 19.7 Å². The van der Waals surface area contributed by atoms with E-state index in [1.165, 1.54) is 5.56 Å². The number of aromatic nitrogens is 4. The van der Waals surface area contributed by atoms with Crippen LogP contribution in [-0.4, -0.2) is 19.7 Å². The topological polar surface area (TPSA) is 43.6 Å². The maximum atomic E-state index is 4.18. The molecule has 2 heterocycles. The highest BCUT2D eigenvalue weighted by atomic mass is 15.3. The summed E-state index contributed by atoms with van der Waals surface area (Å²) in [6, 6.07) is 1.97. The Kier molecular flexibility index (Phi) is 2.73. The van der Waals surface area contributed by atoms with Crippen LogP contribution in [0.2, 0.25) is 0 Å². The van der Waals surface area contributed by atoms with Gasteiger partial charge < -0.3 is 0 Å². The Morgan fingerprint density at radius 1 is 1.25 bits per heavy atom. The van der Waals surface area contributed by atoms with Crippen LogP contribution >= 0.6 is 0 Å². The number of hydrogen-bond donors (Lipinski definition) is 0. The first kappa shape index (κ1) is 10.8. The molecule has 0 N–H and O–H groups in total. The molecule has 0 aromatic carbocycles. The Bertz CT molecular complexity index is 454. The molecule has 0 aliphatic rings. The molecule has 0 bridgehead atoms. The molecule has 16 heavy (non-hydrogen) atoms. The molecule has 0 unspecified atom stereocenters. The third-order valence-electron chi connectivity index (χ3n) is 2.26. The fourth-order valence-electron chi connectivity index (χ4n) is 1.68. The van der Waals surface area contributed by atoms with Gasteiger partial charge in [-0.3, -0.25) is 4.98 Å². The average Bonchev–Trinajstić information content (AvgIpc) is 2.69. The van der Waals surface area contributed by atoms with Crippen molar-refractivity contribution in [3.8, 4) is 5.69 Å². The molecule has 2 aromatic heterocycles. The fourth-order valence-corrected chi connectivity index (χ4v) is 1.68. The zero-order chi connectivity index (χ0) is 11.6. The summed E-state index contributed by atoms with van der Waals surface area (Å²) >= 11 is 0. The molecule has 0 fully saturated rings. The first-order valence-electron chi connectivity index (χ1n) is 5.34. The Labute approximate surface area is 95.4 Å². The molecule has 2 aromatic rings. The van der Waals surface area contributed by atoms with Gasteiger partial charge in [-0.15, -0.1) is 0 Å². The molecular weight excluding hydrogens is 200 g/mol. The summed E-state index contributed by atoms with van der Waals surface area (Å²) in [6.45, 7) is 6.64. The van der Waals surface area contributed by atoms with Gasteiger partial charge in [0, 0.05) is 12.4 Å². The van der Waals surface area contributed by atoms with Gasteiger partial charge in [-0.2, -0.15) is 5.10 Å². The van der Waals surface area contributed by atoms with Gasteiger partial charge in [0.1, 0.15) is 12.7 Å². The van der Waals surface area contributed by atoms with Crippen LogP contribution in [0.25, 0.3) is 5.69 Å². The van der Waals surface area contributed by atoms with Gasteiger partial charge in [0.2, 0.25) is 0 Å². The number of nitrogens with zero attached hydrogens (tertiary/aromatic N) is 4. The zero-order valence-corrected chi connectivity index (χ0v) is 9.88. The molecule has 0 atom stereocenters. The lowest BCUT2D eigenvalue weighted by Gasteiger charge is -2.19. The van der Waals surface area contributed by atoms with Crippen LogP contribution in [0.15, 0.2) is 31.1 Å². The quantitative estimate of drug-likeness (QED) is 0.773. The molecular formula is C12H16N4. The lowest BCUT2D eigenvalue weighted by Crippen LogP contribution is -2.12. The third-order valence-corrected chi connectivity index (χ3v) is 2.26. The van der Waals surface area contributed by atoms with Gasteiger partial charge in [0.15, 0.2) is 0 Å². The second kappa shape index (κ2) is 4.04. The van der Waals surface area contributed by atoms with E-state index < -0.39 is 0 Å². The first-order valence-corrected chi connectivity index (χ1v) is 5.34. The Balaban J connectivity index is 2.39. The van der Waals surface area contributed by atoms with Crippen molar-refractivity contribution >= 4 is 0 Å². The molecule has 0 radical (unpaired) electrons. The zero-order valence-electron chi connectivity index (χ0n) is 9.88. The molecule has 0 saturated carbocycles. The maximum Gasteiger partial charge on any atom is 0.138 e. The van der Waals surface area contributed by atoms with E-state index in [0.717, 1.165) is 12.1 Å². The second-order valence-electron chi connectivity index (χ2n) is 5.08. The van der Waals surface area contributed by atoms with Crippen molar-refractivity contribution in [2.24, 2.45) is 5.41 Å². The van der Waals surface area contributed by atoms with E-state index in [9.17, 15) is 0 Å². The summed E-state index contributed by atoms with van der Waals surface area (Å²) < 4.78 is 1.78. The summed E-state index contributed by atoms with van der Waals surface area (Å²) in [7, 11) is 0. The van der Waals surface area contributed by atoms with E-state index in [2.05, 4.69) is 35.8 Å². The van der Waals surface area contributed by atoms with Crippen molar-refractivity contribution < 1.29 is 0 Å². The Morgan fingerprint density at radius 3 is 2.69 bits per heavy atom. The molecule has 4 heteroatoms. The largest absolute Gasteiger partial charge is 0.264 e. The number of hydrogen-bond acceptors (Lipinski definition) is 3. The Morgan fingerprint density at radius 2 is 2.06 bits per heavy atom. The highest BCUT2D eigenvalue weighted by Gasteiger charge is 2.15. The van der Waals surface area contributed by atoms with Crippen LogP contribution in [0.5, 0.6) is 0 Å². The van der Waals surface area contributed by atoms with Crippen LogP contribution < -0.4 is 0 Å². The minimum absolute atomic E-state index is 0.234. The van der Waals surface area contributed by atoms with Crippen LogP contribution in [-0.2, 0) is 6.42 Å². The molecule has 0 aliphatic heterocycles. The maximum absolute atomic E-state index is 4.18. The normalized spacial score (nSPS) is 11.7. The number of pyridine rings is 1. The van der Waals surface area contributed by atoms with Crippen molar-refractivity contribution in [3.63, 3.8) is 0 Å². The van der Waals surface area contributed by atoms with E-state index in [0.29, 0.717) is 0 Å². The highest BCUT2D eigenvalue weighted by Crippen LogP contribution is 2.23. The summed E-state index contributed by atoms with van der Waals surface area (Å²) in [5.41, 5.74) is 2.49. The van der Waals surface area contributed by atoms with E-state index >= 15 is 0 Å². The monoisotopic (exact) mass is 216 g/mol. The van der Waals surface area contributed by atoms with Crippen molar-refractivity contribution in [1.29, 1.82) is 0 Å². The molecule has 0 aliphatic carbocycles. The molecule has 4 nitrogen and oxygen atoms in total. The summed E-state index contributed by atoms with van der Waals surface area (Å²) in [5.74, 6) is 0. The number of rotatable bonds is 2. The van der Waals surface area contributed by atoms with Gasteiger partial charge in [0.05, 0.1) is 5.69 Å². The van der Waals surface area contributed by atoms with Crippen molar-refractivity contribution in [3.05, 3.63) is 36.7 Å². The molecule has 0 spiro atoms. The first-order chi connectivity index (χ1) is 7.56. The summed E-state index contributed by atoms with van der Waals surface area (Å²) in [4.78, 5) is 8.15. The summed E-state index contributed by atoms with van der Waals surface area (Å²) in [6.07, 6.45) is 7.91. The molecule has 2 rings (SSSR count). The minimum Gasteiger partial charge on any atom is -0.264 e. The van der Waals surface area contributed by atoms with E-state index in [1.54, 1.807) is 23.5 Å². The van der Waals surface area contributed by atoms with Crippen LogP contribution in [0.3, 0.4) is 0 Å². The van der Waals surface area contributed by atoms with Crippen molar-refractivity contribution in [2.75, 3.05) is 0 Å². The van der Waals surface area contributed by atoms with E-state index in [-0.39, 0.29) is 5.41 Å². The van der Waals surface area contributed by atoms with Crippen molar-refractivity contribution in [2.45, 2.75) is 27.2 Å². The Hall–Kier alpha value is -1.71. The summed E-state index contributed by atoms with van der Waals surface area (Å²) in [5, 5.41) is 4.15. The molecule has 0 amide bonds. The van der Waals surface area contributed by atoms with Gasteiger partial charge in [-0.1, -0.05) is 20.8 Å². The molecule has 0 saturated heterocycles. The van der Waals surface area contributed by atoms with E-state index in [1.807, 2.05) is 12.3 Å². The van der Waals surface area contributed by atoms with Crippen LogP contribution in [0.4, 0.5) is 0 Å². The SMILES string of the molecule is CC(C)(C)Cc1cnccc1-n1cncn1. The predicted molar refractivity (Wildman–Crippen MR) is 62.3 cm³/mol. The second-order valence-corrected chi connectivity index (χ2v) is 5.08. The lowest BCUT2D eigenvalue weighted by atomic mass is 9.88. The highest BCUT2D eigenvalue weighted by molar-refractivity contribution is 5.37. The van der Waals surface area contributed by atoms with Gasteiger partial charge in [-0.05, 0) is 23.5 Å². The molecule has 84 valence electrons. The van der Waals surface area contributed by atoms with Crippen LogP contribution in [0.1, 0.15) is 26.3 Å². The van der Waals surface area contributed by atoms with Gasteiger partial charge in [0.25, 0.3) is 0 Å². The standard InChI is InChI=1S/C12H16N4/c1-12(2,3)6-10-7-13-5-4-11(10)16-9-14-8-15-16/h4-5,7-9H,6H2,1-3H3. The predicted octanol–water partition coefficient (Wildman–Crippen LogP) is 2.25. The van der Waals surface area contributed by atoms with E-state index in [4.69, 9.17) is 0 Å².